The minimum atomic E-state index is -4.09. The quantitative estimate of drug-likeness (QED) is 0.426. The van der Waals surface area contributed by atoms with Gasteiger partial charge in [-0.15, -0.1) is 0 Å². The molecule has 1 aliphatic rings. The second-order valence-corrected chi connectivity index (χ2v) is 10.4. The summed E-state index contributed by atoms with van der Waals surface area (Å²) in [6.07, 6.45) is 2.06. The van der Waals surface area contributed by atoms with E-state index in [1.807, 2.05) is 6.92 Å². The van der Waals surface area contributed by atoms with E-state index in [0.717, 1.165) is 6.42 Å². The van der Waals surface area contributed by atoms with Gasteiger partial charge in [-0.3, -0.25) is 4.55 Å². The van der Waals surface area contributed by atoms with E-state index in [9.17, 15) is 26.7 Å². The van der Waals surface area contributed by atoms with Crippen LogP contribution in [0.3, 0.4) is 0 Å². The van der Waals surface area contributed by atoms with Gasteiger partial charge in [0.25, 0.3) is 10.1 Å². The standard InChI is InChI=1S/C13H25NO7S2/c1-3-11-7-14(9-13(15)16,5-4-6-23(19,20)21)8-12(11)10-22(2,17)18/h11-12H,3-10H2,1-2H3,(H-,15,16,19,20,21)/p+1. The van der Waals surface area contributed by atoms with Gasteiger partial charge in [-0.05, 0) is 6.42 Å². The molecule has 3 atom stereocenters. The SMILES string of the molecule is CCC1C[N+](CCCS(=O)(=O)O)(CC(=O)O)CC1CS(C)(=O)=O. The maximum atomic E-state index is 11.6. The van der Waals surface area contributed by atoms with E-state index in [0.29, 0.717) is 19.6 Å². The Morgan fingerprint density at radius 2 is 1.74 bits per heavy atom. The Labute approximate surface area is 137 Å². The highest BCUT2D eigenvalue weighted by Gasteiger charge is 2.46. The molecule has 0 aromatic rings. The Hall–Kier alpha value is -0.710. The molecule has 1 fully saturated rings. The van der Waals surface area contributed by atoms with E-state index in [4.69, 9.17) is 4.55 Å². The molecule has 0 aliphatic carbocycles. The number of hydrogen-bond donors (Lipinski definition) is 2. The molecule has 0 aromatic carbocycles. The summed E-state index contributed by atoms with van der Waals surface area (Å²) in [5, 5.41) is 9.17. The van der Waals surface area contributed by atoms with Crippen molar-refractivity contribution in [2.45, 2.75) is 19.8 Å². The zero-order valence-electron chi connectivity index (χ0n) is 13.5. The molecule has 0 amide bonds. The van der Waals surface area contributed by atoms with Crippen molar-refractivity contribution in [3.63, 3.8) is 0 Å². The summed E-state index contributed by atoms with van der Waals surface area (Å²) in [4.78, 5) is 11.2. The first kappa shape index (κ1) is 20.3. The number of quaternary nitrogens is 1. The maximum Gasteiger partial charge on any atom is 0.359 e. The van der Waals surface area contributed by atoms with Crippen LogP contribution in [0.1, 0.15) is 19.8 Å². The topological polar surface area (TPSA) is 126 Å². The first-order valence-corrected chi connectivity index (χ1v) is 11.2. The summed E-state index contributed by atoms with van der Waals surface area (Å²) in [5.41, 5.74) is 0. The molecule has 0 bridgehead atoms. The Bertz CT molecular complexity index is 629. The third-order valence-electron chi connectivity index (χ3n) is 4.46. The van der Waals surface area contributed by atoms with Gasteiger partial charge in [0.15, 0.2) is 6.54 Å². The molecule has 2 N–H and O–H groups in total. The minimum Gasteiger partial charge on any atom is -0.477 e. The lowest BCUT2D eigenvalue weighted by Gasteiger charge is -2.33. The molecular formula is C13H26NO7S2+. The Kier molecular flexibility index (Phi) is 6.59. The van der Waals surface area contributed by atoms with Crippen molar-refractivity contribution in [2.75, 3.05) is 43.9 Å². The number of aliphatic carboxylic acids is 1. The van der Waals surface area contributed by atoms with Crippen molar-refractivity contribution in [3.8, 4) is 0 Å². The molecule has 0 spiro atoms. The smallest absolute Gasteiger partial charge is 0.359 e. The minimum absolute atomic E-state index is 0.0173. The fourth-order valence-electron chi connectivity index (χ4n) is 3.67. The summed E-state index contributed by atoms with van der Waals surface area (Å²) in [5.74, 6) is -1.43. The highest BCUT2D eigenvalue weighted by atomic mass is 32.2. The van der Waals surface area contributed by atoms with E-state index >= 15 is 0 Å². The van der Waals surface area contributed by atoms with Gasteiger partial charge in [-0.2, -0.15) is 8.42 Å². The summed E-state index contributed by atoms with van der Waals surface area (Å²) in [6, 6.07) is 0. The first-order valence-electron chi connectivity index (χ1n) is 7.55. The van der Waals surface area contributed by atoms with Crippen LogP contribution in [0.5, 0.6) is 0 Å². The van der Waals surface area contributed by atoms with E-state index in [-0.39, 0.29) is 35.0 Å². The monoisotopic (exact) mass is 372 g/mol. The van der Waals surface area contributed by atoms with Crippen LogP contribution < -0.4 is 0 Å². The van der Waals surface area contributed by atoms with Gasteiger partial charge in [0.2, 0.25) is 0 Å². The average Bonchev–Trinajstić information content (AvgIpc) is 2.62. The van der Waals surface area contributed by atoms with E-state index in [1.165, 1.54) is 6.26 Å². The molecule has 10 heteroatoms. The third kappa shape index (κ3) is 7.15. The first-order chi connectivity index (χ1) is 10.4. The van der Waals surface area contributed by atoms with Gasteiger partial charge in [0, 0.05) is 24.5 Å². The van der Waals surface area contributed by atoms with Crippen LogP contribution >= 0.6 is 0 Å². The van der Waals surface area contributed by atoms with Crippen molar-refractivity contribution in [3.05, 3.63) is 0 Å². The van der Waals surface area contributed by atoms with Crippen molar-refractivity contribution in [1.82, 2.24) is 0 Å². The van der Waals surface area contributed by atoms with Gasteiger partial charge in [0.1, 0.15) is 9.84 Å². The number of sulfone groups is 1. The van der Waals surface area contributed by atoms with Crippen LogP contribution in [0, 0.1) is 11.8 Å². The van der Waals surface area contributed by atoms with E-state index in [1.54, 1.807) is 0 Å². The Morgan fingerprint density at radius 3 is 2.17 bits per heavy atom. The van der Waals surface area contributed by atoms with Crippen molar-refractivity contribution >= 4 is 25.9 Å². The number of likely N-dealkylation sites (tertiary alicyclic amines) is 1. The number of nitrogens with zero attached hydrogens (tertiary/aromatic N) is 1. The highest BCUT2D eigenvalue weighted by Crippen LogP contribution is 2.33. The molecule has 1 saturated heterocycles. The molecule has 136 valence electrons. The van der Waals surface area contributed by atoms with Crippen LogP contribution in [0.2, 0.25) is 0 Å². The molecule has 1 rings (SSSR count). The Morgan fingerprint density at radius 1 is 1.17 bits per heavy atom. The summed E-state index contributed by atoms with van der Waals surface area (Å²) >= 11 is 0. The molecule has 1 aliphatic heterocycles. The van der Waals surface area contributed by atoms with Gasteiger partial charge < -0.3 is 9.59 Å². The molecule has 0 aromatic heterocycles. The number of hydrogen-bond acceptors (Lipinski definition) is 5. The molecule has 0 radical (unpaired) electrons. The lowest BCUT2D eigenvalue weighted by Crippen LogP contribution is -2.51. The number of rotatable bonds is 9. The molecule has 3 unspecified atom stereocenters. The lowest BCUT2D eigenvalue weighted by atomic mass is 9.96. The van der Waals surface area contributed by atoms with E-state index < -0.39 is 31.7 Å². The normalized spacial score (nSPS) is 28.8. The summed E-state index contributed by atoms with van der Waals surface area (Å²) in [7, 11) is -7.25. The second kappa shape index (κ2) is 7.45. The van der Waals surface area contributed by atoms with Crippen LogP contribution in [0.4, 0.5) is 0 Å². The van der Waals surface area contributed by atoms with Crippen molar-refractivity contribution < 1.29 is 35.8 Å². The second-order valence-electron chi connectivity index (χ2n) is 6.64. The zero-order valence-corrected chi connectivity index (χ0v) is 15.1. The summed E-state index contributed by atoms with van der Waals surface area (Å²) in [6.45, 7) is 3.00. The van der Waals surface area contributed by atoms with Gasteiger partial charge in [-0.25, -0.2) is 13.2 Å². The largest absolute Gasteiger partial charge is 0.477 e. The summed E-state index contributed by atoms with van der Waals surface area (Å²) < 4.78 is 53.9. The zero-order chi connectivity index (χ0) is 17.9. The van der Waals surface area contributed by atoms with Crippen molar-refractivity contribution in [2.24, 2.45) is 11.8 Å². The van der Waals surface area contributed by atoms with Gasteiger partial charge in [-0.1, -0.05) is 6.92 Å². The third-order valence-corrected chi connectivity index (χ3v) is 6.30. The molecule has 0 saturated carbocycles. The van der Waals surface area contributed by atoms with Gasteiger partial charge >= 0.3 is 5.97 Å². The number of carbonyl (C=O) groups is 1. The average molecular weight is 372 g/mol. The van der Waals surface area contributed by atoms with Gasteiger partial charge in [0.05, 0.1) is 31.1 Å². The van der Waals surface area contributed by atoms with Crippen molar-refractivity contribution in [1.29, 1.82) is 0 Å². The molecule has 23 heavy (non-hydrogen) atoms. The van der Waals surface area contributed by atoms with E-state index in [2.05, 4.69) is 0 Å². The fourth-order valence-corrected chi connectivity index (χ4v) is 5.32. The van der Waals surface area contributed by atoms with Crippen LogP contribution in [-0.4, -0.2) is 80.9 Å². The highest BCUT2D eigenvalue weighted by molar-refractivity contribution is 7.90. The lowest BCUT2D eigenvalue weighted by molar-refractivity contribution is -0.912. The number of carboxylic acids is 1. The van der Waals surface area contributed by atoms with Crippen LogP contribution in [0.25, 0.3) is 0 Å². The van der Waals surface area contributed by atoms with Crippen LogP contribution in [-0.2, 0) is 24.7 Å². The maximum absolute atomic E-state index is 11.6. The fraction of sp³-hybridized carbons (Fsp3) is 0.923. The predicted octanol–water partition coefficient (Wildman–Crippen LogP) is -0.134. The number of carboxylic acid groups (broad SMARTS) is 1. The molecular weight excluding hydrogens is 346 g/mol. The Balaban J connectivity index is 2.90. The molecule has 8 nitrogen and oxygen atoms in total. The van der Waals surface area contributed by atoms with Crippen LogP contribution in [0.15, 0.2) is 0 Å². The predicted molar refractivity (Wildman–Crippen MR) is 85.4 cm³/mol. The molecule has 1 heterocycles.